The van der Waals surface area contributed by atoms with Crippen LogP contribution in [0.2, 0.25) is 0 Å². The normalized spacial score (nSPS) is 12.2. The number of benzene rings is 1. The number of Topliss-reactive ketones (excluding diaryl/α,β-unsaturated/α-hetero) is 1. The number of nitrogens with zero attached hydrogens (tertiary/aromatic N) is 1. The highest BCUT2D eigenvalue weighted by atomic mass is 32.2. The van der Waals surface area contributed by atoms with Gasteiger partial charge >= 0.3 is 0 Å². The zero-order valence-electron chi connectivity index (χ0n) is 10.4. The second-order valence-corrected chi connectivity index (χ2v) is 5.28. The van der Waals surface area contributed by atoms with E-state index < -0.39 is 5.92 Å². The van der Waals surface area contributed by atoms with Crippen molar-refractivity contribution in [3.05, 3.63) is 29.8 Å². The largest absolute Gasteiger partial charge is 0.293 e. The molecule has 0 heterocycles. The fourth-order valence-corrected chi connectivity index (χ4v) is 2.05. The van der Waals surface area contributed by atoms with Gasteiger partial charge in [0.15, 0.2) is 5.78 Å². The Morgan fingerprint density at radius 1 is 1.35 bits per heavy atom. The van der Waals surface area contributed by atoms with Crippen molar-refractivity contribution >= 4 is 17.5 Å². The van der Waals surface area contributed by atoms with Gasteiger partial charge < -0.3 is 0 Å². The summed E-state index contributed by atoms with van der Waals surface area (Å²) in [6, 6.07) is 9.55. The number of carbonyl (C=O) groups excluding carboxylic acids is 1. The van der Waals surface area contributed by atoms with Crippen molar-refractivity contribution in [2.24, 2.45) is 11.8 Å². The maximum absolute atomic E-state index is 12.1. The molecule has 0 saturated carbocycles. The molecule has 1 rings (SSSR count). The van der Waals surface area contributed by atoms with Gasteiger partial charge in [0.2, 0.25) is 0 Å². The van der Waals surface area contributed by atoms with Gasteiger partial charge in [-0.3, -0.25) is 4.79 Å². The third kappa shape index (κ3) is 3.90. The van der Waals surface area contributed by atoms with Gasteiger partial charge in [0.25, 0.3) is 0 Å². The Morgan fingerprint density at radius 3 is 2.35 bits per heavy atom. The average Bonchev–Trinajstić information content (AvgIpc) is 2.35. The standard InChI is InChI=1S/C14H17NOS/c1-10(2)8-12(9-15)14(16)11-4-6-13(17-3)7-5-11/h4-7,10,12H,8H2,1-3H3. The minimum absolute atomic E-state index is 0.0612. The predicted molar refractivity (Wildman–Crippen MR) is 71.1 cm³/mol. The second kappa shape index (κ2) is 6.46. The molecule has 1 aromatic rings. The van der Waals surface area contributed by atoms with E-state index in [1.807, 2.05) is 32.2 Å². The first-order valence-corrected chi connectivity index (χ1v) is 6.88. The molecular weight excluding hydrogens is 230 g/mol. The lowest BCUT2D eigenvalue weighted by atomic mass is 9.91. The van der Waals surface area contributed by atoms with Crippen LogP contribution in [0.4, 0.5) is 0 Å². The van der Waals surface area contributed by atoms with E-state index in [-0.39, 0.29) is 5.78 Å². The van der Waals surface area contributed by atoms with Gasteiger partial charge in [0.1, 0.15) is 5.92 Å². The van der Waals surface area contributed by atoms with Crippen LogP contribution in [-0.4, -0.2) is 12.0 Å². The van der Waals surface area contributed by atoms with Gasteiger partial charge in [0.05, 0.1) is 6.07 Å². The summed E-state index contributed by atoms with van der Waals surface area (Å²) in [5.41, 5.74) is 0.634. The lowest BCUT2D eigenvalue weighted by molar-refractivity contribution is 0.0937. The maximum atomic E-state index is 12.1. The highest BCUT2D eigenvalue weighted by Gasteiger charge is 2.20. The topological polar surface area (TPSA) is 40.9 Å². The summed E-state index contributed by atoms with van der Waals surface area (Å²) >= 11 is 1.64. The van der Waals surface area contributed by atoms with E-state index in [0.717, 1.165) is 4.90 Å². The van der Waals surface area contributed by atoms with Crippen LogP contribution in [0.3, 0.4) is 0 Å². The Hall–Kier alpha value is -1.27. The molecule has 1 atom stereocenters. The van der Waals surface area contributed by atoms with Gasteiger partial charge in [-0.1, -0.05) is 26.0 Å². The minimum atomic E-state index is -0.518. The summed E-state index contributed by atoms with van der Waals surface area (Å²) < 4.78 is 0. The summed E-state index contributed by atoms with van der Waals surface area (Å²) in [4.78, 5) is 13.2. The molecule has 1 aromatic carbocycles. The van der Waals surface area contributed by atoms with E-state index in [1.54, 1.807) is 23.9 Å². The monoisotopic (exact) mass is 247 g/mol. The Morgan fingerprint density at radius 2 is 1.94 bits per heavy atom. The Bertz CT molecular complexity index is 417. The summed E-state index contributed by atoms with van der Waals surface area (Å²) in [6.45, 7) is 4.04. The molecule has 2 nitrogen and oxygen atoms in total. The van der Waals surface area contributed by atoms with E-state index in [0.29, 0.717) is 17.9 Å². The van der Waals surface area contributed by atoms with Gasteiger partial charge in [-0.05, 0) is 30.7 Å². The molecule has 1 unspecified atom stereocenters. The van der Waals surface area contributed by atoms with E-state index >= 15 is 0 Å². The van der Waals surface area contributed by atoms with Crippen LogP contribution in [-0.2, 0) is 0 Å². The van der Waals surface area contributed by atoms with Crippen molar-refractivity contribution in [2.75, 3.05) is 6.26 Å². The molecule has 0 aromatic heterocycles. The summed E-state index contributed by atoms with van der Waals surface area (Å²) in [6.07, 6.45) is 2.62. The van der Waals surface area contributed by atoms with Gasteiger partial charge in [-0.25, -0.2) is 0 Å². The molecule has 0 aliphatic carbocycles. The molecule has 0 radical (unpaired) electrons. The molecule has 0 aliphatic heterocycles. The van der Waals surface area contributed by atoms with Crippen molar-refractivity contribution in [1.29, 1.82) is 5.26 Å². The first kappa shape index (κ1) is 13.8. The first-order chi connectivity index (χ1) is 8.08. The molecule has 17 heavy (non-hydrogen) atoms. The third-order valence-electron chi connectivity index (χ3n) is 2.55. The zero-order chi connectivity index (χ0) is 12.8. The summed E-state index contributed by atoms with van der Waals surface area (Å²) in [7, 11) is 0. The number of nitriles is 1. The van der Waals surface area contributed by atoms with Gasteiger partial charge in [-0.15, -0.1) is 11.8 Å². The molecule has 0 amide bonds. The SMILES string of the molecule is CSc1ccc(C(=O)C(C#N)CC(C)C)cc1. The molecule has 0 N–H and O–H groups in total. The van der Waals surface area contributed by atoms with E-state index in [9.17, 15) is 4.79 Å². The number of hydrogen-bond donors (Lipinski definition) is 0. The van der Waals surface area contributed by atoms with Crippen LogP contribution in [0.5, 0.6) is 0 Å². The second-order valence-electron chi connectivity index (χ2n) is 4.40. The Labute approximate surface area is 107 Å². The number of rotatable bonds is 5. The van der Waals surface area contributed by atoms with E-state index in [1.165, 1.54) is 0 Å². The minimum Gasteiger partial charge on any atom is -0.293 e. The molecule has 0 saturated heterocycles. The molecule has 0 aliphatic rings. The zero-order valence-corrected chi connectivity index (χ0v) is 11.3. The van der Waals surface area contributed by atoms with Crippen molar-refractivity contribution in [1.82, 2.24) is 0 Å². The van der Waals surface area contributed by atoms with Crippen LogP contribution in [0, 0.1) is 23.2 Å². The Kier molecular flexibility index (Phi) is 5.24. The van der Waals surface area contributed by atoms with Gasteiger partial charge in [-0.2, -0.15) is 5.26 Å². The van der Waals surface area contributed by atoms with Gasteiger partial charge in [0, 0.05) is 10.5 Å². The number of ketones is 1. The van der Waals surface area contributed by atoms with E-state index in [2.05, 4.69) is 6.07 Å². The van der Waals surface area contributed by atoms with Crippen molar-refractivity contribution in [3.8, 4) is 6.07 Å². The quantitative estimate of drug-likeness (QED) is 0.587. The predicted octanol–water partition coefficient (Wildman–Crippen LogP) is 3.78. The molecule has 90 valence electrons. The molecule has 0 bridgehead atoms. The number of carbonyl (C=O) groups is 1. The number of thioether (sulfide) groups is 1. The fourth-order valence-electron chi connectivity index (χ4n) is 1.65. The van der Waals surface area contributed by atoms with Crippen LogP contribution >= 0.6 is 11.8 Å². The van der Waals surface area contributed by atoms with Crippen molar-refractivity contribution in [3.63, 3.8) is 0 Å². The van der Waals surface area contributed by atoms with Crippen molar-refractivity contribution in [2.45, 2.75) is 25.2 Å². The molecule has 3 heteroatoms. The number of hydrogen-bond acceptors (Lipinski definition) is 3. The van der Waals surface area contributed by atoms with E-state index in [4.69, 9.17) is 5.26 Å². The molecule has 0 fully saturated rings. The Balaban J connectivity index is 2.83. The lowest BCUT2D eigenvalue weighted by Gasteiger charge is -2.10. The highest BCUT2D eigenvalue weighted by Crippen LogP contribution is 2.20. The van der Waals surface area contributed by atoms with Crippen LogP contribution in [0.15, 0.2) is 29.2 Å². The highest BCUT2D eigenvalue weighted by molar-refractivity contribution is 7.98. The lowest BCUT2D eigenvalue weighted by Crippen LogP contribution is -2.15. The van der Waals surface area contributed by atoms with Crippen LogP contribution in [0.25, 0.3) is 0 Å². The first-order valence-electron chi connectivity index (χ1n) is 5.66. The summed E-state index contributed by atoms with van der Waals surface area (Å²) in [5, 5.41) is 9.03. The summed E-state index contributed by atoms with van der Waals surface area (Å²) in [5.74, 6) is -0.224. The average molecular weight is 247 g/mol. The molecular formula is C14H17NOS. The smallest absolute Gasteiger partial charge is 0.179 e. The van der Waals surface area contributed by atoms with Crippen LogP contribution < -0.4 is 0 Å². The maximum Gasteiger partial charge on any atom is 0.179 e. The van der Waals surface area contributed by atoms with Crippen molar-refractivity contribution < 1.29 is 4.79 Å². The fraction of sp³-hybridized carbons (Fsp3) is 0.429. The van der Waals surface area contributed by atoms with Crippen LogP contribution in [0.1, 0.15) is 30.6 Å². The molecule has 0 spiro atoms. The third-order valence-corrected chi connectivity index (χ3v) is 3.30.